The summed E-state index contributed by atoms with van der Waals surface area (Å²) in [5, 5.41) is 18.8. The van der Waals surface area contributed by atoms with Crippen molar-refractivity contribution in [1.29, 1.82) is 0 Å². The molecule has 1 aliphatic heterocycles. The Hall–Kier alpha value is -1.05. The van der Waals surface area contributed by atoms with Crippen LogP contribution in [-0.4, -0.2) is 48.0 Å². The highest BCUT2D eigenvalue weighted by atomic mass is 19.1. The molecule has 15 heavy (non-hydrogen) atoms. The summed E-state index contributed by atoms with van der Waals surface area (Å²) in [6, 6.07) is -1.47. The van der Waals surface area contributed by atoms with Crippen LogP contribution in [0.3, 0.4) is 0 Å². The van der Waals surface area contributed by atoms with E-state index in [1.807, 2.05) is 5.92 Å². The molecule has 0 aromatic heterocycles. The topological polar surface area (TPSA) is 49.7 Å². The molecule has 1 fully saturated rings. The number of hydrogen-bond acceptors (Lipinski definition) is 3. The molecular formula is C10H10BFO3. The standard InChI is InChI=1S/C10H10BFO3/c1-3-5-9(12)8(11)15-7(6-13)10(9,14)4-2/h2,5,7-8,13-14H,1,6H2/t7-,8-,9?,10+/m1/s1. The van der Waals surface area contributed by atoms with Gasteiger partial charge in [0.05, 0.1) is 12.6 Å². The summed E-state index contributed by atoms with van der Waals surface area (Å²) in [5.74, 6) is 1.86. The van der Waals surface area contributed by atoms with Gasteiger partial charge < -0.3 is 14.9 Å². The molecule has 3 nitrogen and oxygen atoms in total. The highest BCUT2D eigenvalue weighted by molar-refractivity contribution is 6.12. The summed E-state index contributed by atoms with van der Waals surface area (Å²) in [6.07, 6.45) is 4.59. The summed E-state index contributed by atoms with van der Waals surface area (Å²) >= 11 is 0. The Bertz CT molecular complexity index is 347. The van der Waals surface area contributed by atoms with E-state index in [0.717, 1.165) is 6.08 Å². The van der Waals surface area contributed by atoms with E-state index in [4.69, 9.17) is 24.1 Å². The molecule has 0 aliphatic carbocycles. The van der Waals surface area contributed by atoms with Crippen molar-refractivity contribution >= 4 is 7.85 Å². The second-order valence-electron chi connectivity index (χ2n) is 3.26. The van der Waals surface area contributed by atoms with Crippen molar-refractivity contribution in [2.75, 3.05) is 6.61 Å². The number of hydrogen-bond donors (Lipinski definition) is 2. The van der Waals surface area contributed by atoms with E-state index in [1.54, 1.807) is 0 Å². The minimum Gasteiger partial charge on any atom is -0.394 e. The molecule has 0 amide bonds. The second kappa shape index (κ2) is 3.84. The van der Waals surface area contributed by atoms with E-state index in [9.17, 15) is 9.50 Å². The van der Waals surface area contributed by atoms with Gasteiger partial charge >= 0.3 is 0 Å². The van der Waals surface area contributed by atoms with Gasteiger partial charge in [-0.15, -0.1) is 12.2 Å². The van der Waals surface area contributed by atoms with Crippen molar-refractivity contribution < 1.29 is 19.3 Å². The van der Waals surface area contributed by atoms with Gasteiger partial charge in [0, 0.05) is 0 Å². The molecule has 1 unspecified atom stereocenters. The van der Waals surface area contributed by atoms with Crippen LogP contribution in [0.5, 0.6) is 0 Å². The fourth-order valence-electron chi connectivity index (χ4n) is 1.56. The number of alkyl halides is 1. The van der Waals surface area contributed by atoms with E-state index >= 15 is 0 Å². The van der Waals surface area contributed by atoms with Gasteiger partial charge in [-0.1, -0.05) is 12.5 Å². The van der Waals surface area contributed by atoms with Crippen molar-refractivity contribution in [3.05, 3.63) is 18.4 Å². The number of rotatable bonds is 2. The zero-order valence-corrected chi connectivity index (χ0v) is 7.98. The van der Waals surface area contributed by atoms with E-state index in [1.165, 1.54) is 0 Å². The fourth-order valence-corrected chi connectivity index (χ4v) is 1.56. The third-order valence-electron chi connectivity index (χ3n) is 2.47. The number of halogens is 1. The normalized spacial score (nSPS) is 44.4. The summed E-state index contributed by atoms with van der Waals surface area (Å²) in [5.41, 5.74) is -2.65. The maximum atomic E-state index is 14.3. The van der Waals surface area contributed by atoms with Crippen LogP contribution in [0.2, 0.25) is 0 Å². The molecule has 2 N–H and O–H groups in total. The van der Waals surface area contributed by atoms with Crippen LogP contribution in [0.15, 0.2) is 18.4 Å². The quantitative estimate of drug-likeness (QED) is 0.358. The maximum Gasteiger partial charge on any atom is 0.196 e. The lowest BCUT2D eigenvalue weighted by Gasteiger charge is -2.31. The molecule has 0 aromatic rings. The number of aliphatic hydroxyl groups excluding tert-OH is 1. The van der Waals surface area contributed by atoms with Crippen molar-refractivity contribution in [3.63, 3.8) is 0 Å². The Kier molecular flexibility index (Phi) is 3.08. The molecule has 1 saturated heterocycles. The lowest BCUT2D eigenvalue weighted by molar-refractivity contribution is -0.0526. The van der Waals surface area contributed by atoms with Gasteiger partial charge in [-0.2, -0.15) is 0 Å². The minimum atomic E-state index is -2.50. The minimum absolute atomic E-state index is 0.634. The first-order valence-electron chi connectivity index (χ1n) is 4.24. The Balaban J connectivity index is 3.27. The van der Waals surface area contributed by atoms with Crippen LogP contribution < -0.4 is 0 Å². The van der Waals surface area contributed by atoms with Gasteiger partial charge in [0.2, 0.25) is 0 Å². The van der Waals surface area contributed by atoms with Gasteiger partial charge in [0.1, 0.15) is 14.0 Å². The smallest absolute Gasteiger partial charge is 0.196 e. The molecule has 0 spiro atoms. The van der Waals surface area contributed by atoms with Crippen LogP contribution in [0, 0.1) is 12.3 Å². The van der Waals surface area contributed by atoms with E-state index < -0.39 is 30.0 Å². The molecule has 5 heteroatoms. The molecule has 0 aromatic carbocycles. The van der Waals surface area contributed by atoms with Crippen molar-refractivity contribution in [2.45, 2.75) is 23.4 Å². The third-order valence-corrected chi connectivity index (χ3v) is 2.47. The monoisotopic (exact) mass is 208 g/mol. The van der Waals surface area contributed by atoms with Gasteiger partial charge in [-0.3, -0.25) is 0 Å². The Labute approximate surface area is 88.7 Å². The van der Waals surface area contributed by atoms with Crippen LogP contribution in [0.1, 0.15) is 0 Å². The number of aliphatic hydroxyl groups is 2. The average molecular weight is 208 g/mol. The van der Waals surface area contributed by atoms with Crippen LogP contribution >= 0.6 is 0 Å². The van der Waals surface area contributed by atoms with Crippen LogP contribution in [-0.2, 0) is 4.74 Å². The first kappa shape index (κ1) is 12.0. The Morgan fingerprint density at radius 3 is 2.73 bits per heavy atom. The van der Waals surface area contributed by atoms with Gasteiger partial charge in [-0.05, 0) is 6.08 Å². The SMILES string of the molecule is [B][C@@H]1O[C@H](CO)[C@@](O)(C#C)C1(F)C=C=C. The molecule has 2 radical (unpaired) electrons. The summed E-state index contributed by atoms with van der Waals surface area (Å²) in [6.45, 7) is 2.55. The van der Waals surface area contributed by atoms with Crippen LogP contribution in [0.25, 0.3) is 0 Å². The molecule has 78 valence electrons. The lowest BCUT2D eigenvalue weighted by Crippen LogP contribution is -2.55. The van der Waals surface area contributed by atoms with Crippen molar-refractivity contribution in [3.8, 4) is 12.3 Å². The second-order valence-corrected chi connectivity index (χ2v) is 3.26. The molecule has 0 saturated carbocycles. The number of terminal acetylenes is 1. The van der Waals surface area contributed by atoms with E-state index in [0.29, 0.717) is 0 Å². The van der Waals surface area contributed by atoms with Crippen LogP contribution in [0.4, 0.5) is 4.39 Å². The van der Waals surface area contributed by atoms with Crippen molar-refractivity contribution in [1.82, 2.24) is 0 Å². The van der Waals surface area contributed by atoms with Crippen molar-refractivity contribution in [2.24, 2.45) is 0 Å². The first-order valence-corrected chi connectivity index (χ1v) is 4.24. The highest BCUT2D eigenvalue weighted by Gasteiger charge is 2.63. The Morgan fingerprint density at radius 1 is 1.73 bits per heavy atom. The summed E-state index contributed by atoms with van der Waals surface area (Å²) in [7, 11) is 5.35. The molecule has 1 heterocycles. The zero-order chi connectivity index (χ0) is 11.7. The zero-order valence-electron chi connectivity index (χ0n) is 7.98. The van der Waals surface area contributed by atoms with Gasteiger partial charge in [-0.25, -0.2) is 4.39 Å². The lowest BCUT2D eigenvalue weighted by atomic mass is 9.74. The summed E-state index contributed by atoms with van der Waals surface area (Å²) in [4.78, 5) is 0. The highest BCUT2D eigenvalue weighted by Crippen LogP contribution is 2.42. The number of ether oxygens (including phenoxy) is 1. The van der Waals surface area contributed by atoms with E-state index in [-0.39, 0.29) is 0 Å². The Morgan fingerprint density at radius 2 is 2.33 bits per heavy atom. The van der Waals surface area contributed by atoms with E-state index in [2.05, 4.69) is 12.3 Å². The predicted molar refractivity (Wildman–Crippen MR) is 52.8 cm³/mol. The fraction of sp³-hybridized carbons (Fsp3) is 0.500. The first-order chi connectivity index (χ1) is 6.96. The summed E-state index contributed by atoms with van der Waals surface area (Å²) < 4.78 is 19.1. The van der Waals surface area contributed by atoms with Gasteiger partial charge in [0.25, 0.3) is 0 Å². The molecule has 4 atom stereocenters. The molecule has 1 aliphatic rings. The molecule has 0 bridgehead atoms. The maximum absolute atomic E-state index is 14.3. The third kappa shape index (κ3) is 1.43. The molecular weight excluding hydrogens is 198 g/mol. The van der Waals surface area contributed by atoms with Gasteiger partial charge in [0.15, 0.2) is 11.3 Å². The largest absolute Gasteiger partial charge is 0.394 e. The predicted octanol–water partition coefficient (Wildman–Crippen LogP) is -0.714. The molecule has 1 rings (SSSR count). The average Bonchev–Trinajstić information content (AvgIpc) is 2.41.